The minimum atomic E-state index is 0.00191. The zero-order valence-electron chi connectivity index (χ0n) is 15.8. The molecule has 3 aromatic rings. The van der Waals surface area contributed by atoms with Crippen LogP contribution in [0.1, 0.15) is 29.7 Å². The van der Waals surface area contributed by atoms with E-state index in [1.54, 1.807) is 0 Å². The van der Waals surface area contributed by atoms with Crippen molar-refractivity contribution in [2.45, 2.75) is 33.6 Å². The van der Waals surface area contributed by atoms with Crippen molar-refractivity contribution in [1.82, 2.24) is 15.1 Å². The average Bonchev–Trinajstić information content (AvgIpc) is 3.06. The van der Waals surface area contributed by atoms with Crippen molar-refractivity contribution in [2.24, 2.45) is 5.92 Å². The summed E-state index contributed by atoms with van der Waals surface area (Å²) in [7, 11) is 0. The maximum atomic E-state index is 12.7. The van der Waals surface area contributed by atoms with E-state index in [9.17, 15) is 4.79 Å². The van der Waals surface area contributed by atoms with Crippen LogP contribution in [0.4, 0.5) is 11.5 Å². The summed E-state index contributed by atoms with van der Waals surface area (Å²) in [5.74, 6) is 0.937. The topological polar surface area (TPSA) is 84.2 Å². The Labute approximate surface area is 157 Å². The van der Waals surface area contributed by atoms with Crippen molar-refractivity contribution in [2.75, 3.05) is 23.3 Å². The maximum absolute atomic E-state index is 12.7. The average molecular weight is 365 g/mol. The molecule has 0 spiro atoms. The molecule has 0 bridgehead atoms. The number of anilines is 2. The smallest absolute Gasteiger partial charge is 0.263 e. The molecule has 1 aromatic carbocycles. The number of benzene rings is 1. The molecule has 1 aliphatic heterocycles. The molecule has 7 heteroatoms. The Morgan fingerprint density at radius 2 is 1.96 bits per heavy atom. The molecule has 2 aromatic heterocycles. The number of aromatic nitrogens is 3. The lowest BCUT2D eigenvalue weighted by Crippen LogP contribution is -2.38. The number of fused-ring (bicyclic) bond motifs is 1. The Bertz CT molecular complexity index is 989. The van der Waals surface area contributed by atoms with Crippen LogP contribution in [0.3, 0.4) is 0 Å². The Hall–Kier alpha value is -2.96. The predicted octanol–water partition coefficient (Wildman–Crippen LogP) is 3.40. The summed E-state index contributed by atoms with van der Waals surface area (Å²) in [6.07, 6.45) is 3.07. The third-order valence-electron chi connectivity index (χ3n) is 5.24. The van der Waals surface area contributed by atoms with Gasteiger partial charge in [0.25, 0.3) is 5.71 Å². The van der Waals surface area contributed by atoms with Gasteiger partial charge in [0.2, 0.25) is 5.91 Å². The molecule has 3 heterocycles. The molecule has 0 aliphatic carbocycles. The Balaban J connectivity index is 1.45. The first-order chi connectivity index (χ1) is 13.0. The van der Waals surface area contributed by atoms with E-state index < -0.39 is 0 Å². The lowest BCUT2D eigenvalue weighted by atomic mass is 9.95. The number of carbonyl (C=O) groups is 1. The quantitative estimate of drug-likeness (QED) is 0.766. The number of hydrogen-bond acceptors (Lipinski definition) is 6. The van der Waals surface area contributed by atoms with E-state index in [-0.39, 0.29) is 11.8 Å². The van der Waals surface area contributed by atoms with Crippen molar-refractivity contribution in [3.05, 3.63) is 41.3 Å². The molecule has 0 radical (unpaired) electrons. The number of carbonyl (C=O) groups excluding carboxylic acids is 1. The van der Waals surface area contributed by atoms with Gasteiger partial charge in [0.15, 0.2) is 0 Å². The summed E-state index contributed by atoms with van der Waals surface area (Å²) in [5, 5.41) is 7.95. The molecule has 1 saturated heterocycles. The van der Waals surface area contributed by atoms with Crippen molar-refractivity contribution >= 4 is 28.5 Å². The molecule has 7 nitrogen and oxygen atoms in total. The van der Waals surface area contributed by atoms with Crippen LogP contribution < -0.4 is 10.2 Å². The molecule has 1 N–H and O–H groups in total. The number of rotatable bonds is 3. The highest BCUT2D eigenvalue weighted by Crippen LogP contribution is 2.30. The molecule has 1 fully saturated rings. The minimum Gasteiger partial charge on any atom is -0.356 e. The molecular formula is C20H23N5O2. The second-order valence-electron chi connectivity index (χ2n) is 7.21. The Morgan fingerprint density at radius 3 is 2.74 bits per heavy atom. The maximum Gasteiger partial charge on any atom is 0.263 e. The van der Waals surface area contributed by atoms with Gasteiger partial charge in [-0.2, -0.15) is 4.98 Å². The van der Waals surface area contributed by atoms with Gasteiger partial charge in [0.1, 0.15) is 17.5 Å². The van der Waals surface area contributed by atoms with E-state index in [2.05, 4.69) is 31.4 Å². The van der Waals surface area contributed by atoms with Gasteiger partial charge in [0.05, 0.1) is 5.69 Å². The predicted molar refractivity (Wildman–Crippen MR) is 104 cm³/mol. The largest absolute Gasteiger partial charge is 0.356 e. The summed E-state index contributed by atoms with van der Waals surface area (Å²) in [4.78, 5) is 23.5. The number of hydrogen-bond donors (Lipinski definition) is 1. The number of nitrogens with one attached hydrogen (secondary N) is 1. The minimum absolute atomic E-state index is 0.00191. The van der Waals surface area contributed by atoms with Crippen molar-refractivity contribution in [3.63, 3.8) is 0 Å². The van der Waals surface area contributed by atoms with E-state index in [0.717, 1.165) is 59.6 Å². The SMILES string of the molecule is Cc1ccc(C)c(NC(=O)C2CCN(c3ncnc4onc(C)c34)CC2)c1. The normalized spacial score (nSPS) is 15.3. The molecule has 0 atom stereocenters. The summed E-state index contributed by atoms with van der Waals surface area (Å²) < 4.78 is 5.23. The molecule has 0 saturated carbocycles. The van der Waals surface area contributed by atoms with Gasteiger partial charge in [-0.3, -0.25) is 4.79 Å². The van der Waals surface area contributed by atoms with E-state index in [1.807, 2.05) is 32.9 Å². The standard InChI is InChI=1S/C20H23N5O2/c1-12-4-5-13(2)16(10-12)23-19(26)15-6-8-25(9-7-15)18-17-14(3)24-27-20(17)22-11-21-18/h4-5,10-11,15H,6-9H2,1-3H3,(H,23,26). The summed E-state index contributed by atoms with van der Waals surface area (Å²) in [5.41, 5.74) is 4.42. The van der Waals surface area contributed by atoms with Crippen LogP contribution in [0.15, 0.2) is 29.0 Å². The van der Waals surface area contributed by atoms with Gasteiger partial charge in [-0.05, 0) is 50.8 Å². The highest BCUT2D eigenvalue weighted by molar-refractivity contribution is 5.93. The fourth-order valence-corrected chi connectivity index (χ4v) is 3.60. The molecule has 140 valence electrons. The summed E-state index contributed by atoms with van der Waals surface area (Å²) >= 11 is 0. The summed E-state index contributed by atoms with van der Waals surface area (Å²) in [6, 6.07) is 6.11. The molecular weight excluding hydrogens is 342 g/mol. The first-order valence-electron chi connectivity index (χ1n) is 9.23. The first-order valence-corrected chi connectivity index (χ1v) is 9.23. The van der Waals surface area contributed by atoms with E-state index in [4.69, 9.17) is 4.52 Å². The van der Waals surface area contributed by atoms with Gasteiger partial charge in [-0.1, -0.05) is 17.3 Å². The first kappa shape index (κ1) is 17.5. The number of amides is 1. The van der Waals surface area contributed by atoms with Crippen molar-refractivity contribution < 1.29 is 9.32 Å². The molecule has 1 amide bonds. The third kappa shape index (κ3) is 3.37. The Kier molecular flexibility index (Phi) is 4.51. The second kappa shape index (κ2) is 6.98. The second-order valence-corrected chi connectivity index (χ2v) is 7.21. The number of aryl methyl sites for hydroxylation is 3. The van der Waals surface area contributed by atoms with Crippen molar-refractivity contribution in [1.29, 1.82) is 0 Å². The van der Waals surface area contributed by atoms with Crippen LogP contribution >= 0.6 is 0 Å². The lowest BCUT2D eigenvalue weighted by molar-refractivity contribution is -0.120. The van der Waals surface area contributed by atoms with Crippen LogP contribution in [-0.4, -0.2) is 34.1 Å². The van der Waals surface area contributed by atoms with Gasteiger partial charge in [-0.25, -0.2) is 4.98 Å². The Morgan fingerprint density at radius 1 is 1.19 bits per heavy atom. The fraction of sp³-hybridized carbons (Fsp3) is 0.400. The van der Waals surface area contributed by atoms with Crippen molar-refractivity contribution in [3.8, 4) is 0 Å². The van der Waals surface area contributed by atoms with Crippen LogP contribution in [0.5, 0.6) is 0 Å². The zero-order valence-corrected chi connectivity index (χ0v) is 15.8. The fourth-order valence-electron chi connectivity index (χ4n) is 3.60. The van der Waals surface area contributed by atoms with E-state index >= 15 is 0 Å². The molecule has 4 rings (SSSR count). The molecule has 1 aliphatic rings. The number of nitrogens with zero attached hydrogens (tertiary/aromatic N) is 4. The van der Waals surface area contributed by atoms with Crippen LogP contribution in [0.25, 0.3) is 11.1 Å². The zero-order chi connectivity index (χ0) is 19.0. The molecule has 0 unspecified atom stereocenters. The summed E-state index contributed by atoms with van der Waals surface area (Å²) in [6.45, 7) is 7.47. The third-order valence-corrected chi connectivity index (χ3v) is 5.24. The highest BCUT2D eigenvalue weighted by atomic mass is 16.5. The van der Waals surface area contributed by atoms with Crippen LogP contribution in [0, 0.1) is 26.7 Å². The van der Waals surface area contributed by atoms with E-state index in [1.165, 1.54) is 6.33 Å². The van der Waals surface area contributed by atoms with Crippen LogP contribution in [-0.2, 0) is 4.79 Å². The molecule has 27 heavy (non-hydrogen) atoms. The highest BCUT2D eigenvalue weighted by Gasteiger charge is 2.27. The van der Waals surface area contributed by atoms with Gasteiger partial charge in [-0.15, -0.1) is 0 Å². The van der Waals surface area contributed by atoms with E-state index in [0.29, 0.717) is 5.71 Å². The van der Waals surface area contributed by atoms with Gasteiger partial charge in [0, 0.05) is 24.7 Å². The lowest BCUT2D eigenvalue weighted by Gasteiger charge is -2.32. The monoisotopic (exact) mass is 365 g/mol. The van der Waals surface area contributed by atoms with Gasteiger partial charge < -0.3 is 14.7 Å². The van der Waals surface area contributed by atoms with Crippen LogP contribution in [0.2, 0.25) is 0 Å². The number of piperidine rings is 1. The van der Waals surface area contributed by atoms with Gasteiger partial charge >= 0.3 is 0 Å².